The fourth-order valence-electron chi connectivity index (χ4n) is 3.98. The maximum atomic E-state index is 13.9. The van der Waals surface area contributed by atoms with Gasteiger partial charge in [0, 0.05) is 16.6 Å². The average molecular weight is 689 g/mol. The number of benzene rings is 3. The highest BCUT2D eigenvalue weighted by atomic mass is 79.9. The lowest BCUT2D eigenvalue weighted by Gasteiger charge is -2.33. The molecule has 0 aliphatic carbocycles. The molecule has 0 saturated carbocycles. The van der Waals surface area contributed by atoms with Crippen LogP contribution in [-0.2, 0) is 32.3 Å². The number of rotatable bonds is 9. The lowest BCUT2D eigenvalue weighted by atomic mass is 10.1. The van der Waals surface area contributed by atoms with Gasteiger partial charge in [0.15, 0.2) is 0 Å². The topological polar surface area (TPSA) is 86.8 Å². The Morgan fingerprint density at radius 1 is 0.976 bits per heavy atom. The minimum Gasteiger partial charge on any atom is -0.350 e. The second-order valence-corrected chi connectivity index (χ2v) is 13.7. The third-order valence-electron chi connectivity index (χ3n) is 6.09. The Morgan fingerprint density at radius 3 is 2.12 bits per heavy atom. The van der Waals surface area contributed by atoms with Gasteiger partial charge in [-0.25, -0.2) is 8.42 Å². The second kappa shape index (κ2) is 13.0. The molecule has 3 aromatic carbocycles. The van der Waals surface area contributed by atoms with Crippen LogP contribution in [0.5, 0.6) is 0 Å². The van der Waals surface area contributed by atoms with Gasteiger partial charge in [0.1, 0.15) is 12.6 Å². The molecule has 226 valence electrons. The highest BCUT2D eigenvalue weighted by Gasteiger charge is 2.37. The van der Waals surface area contributed by atoms with E-state index < -0.39 is 62.4 Å². The van der Waals surface area contributed by atoms with Crippen molar-refractivity contribution >= 4 is 55.1 Å². The Balaban J connectivity index is 2.11. The summed E-state index contributed by atoms with van der Waals surface area (Å²) in [6, 6.07) is 15.5. The van der Waals surface area contributed by atoms with E-state index in [1.54, 1.807) is 51.1 Å². The van der Waals surface area contributed by atoms with Crippen molar-refractivity contribution in [1.82, 2.24) is 10.2 Å². The fraction of sp³-hybridized carbons (Fsp3) is 0.310. The Hall–Kier alpha value is -3.09. The van der Waals surface area contributed by atoms with Crippen LogP contribution < -0.4 is 9.62 Å². The van der Waals surface area contributed by atoms with Crippen LogP contribution in [0.2, 0.25) is 5.02 Å². The van der Waals surface area contributed by atoms with Gasteiger partial charge in [-0.3, -0.25) is 13.9 Å². The van der Waals surface area contributed by atoms with Crippen molar-refractivity contribution in [2.24, 2.45) is 0 Å². The largest absolute Gasteiger partial charge is 0.417 e. The summed E-state index contributed by atoms with van der Waals surface area (Å²) in [5.41, 5.74) is -1.66. The number of hydrogen-bond donors (Lipinski definition) is 1. The summed E-state index contributed by atoms with van der Waals surface area (Å²) in [4.78, 5) is 28.0. The summed E-state index contributed by atoms with van der Waals surface area (Å²) in [6.45, 7) is 5.85. The van der Waals surface area contributed by atoms with Gasteiger partial charge in [-0.15, -0.1) is 0 Å². The van der Waals surface area contributed by atoms with E-state index in [9.17, 15) is 31.2 Å². The second-order valence-electron chi connectivity index (χ2n) is 10.5. The number of nitrogens with one attached hydrogen (secondary N) is 1. The number of sulfonamides is 1. The average Bonchev–Trinajstić information content (AvgIpc) is 2.90. The molecule has 3 aromatic rings. The number of carbonyl (C=O) groups excluding carboxylic acids is 2. The smallest absolute Gasteiger partial charge is 0.350 e. The first-order valence-corrected chi connectivity index (χ1v) is 15.3. The van der Waals surface area contributed by atoms with Crippen LogP contribution in [0.3, 0.4) is 0 Å². The number of amides is 2. The summed E-state index contributed by atoms with van der Waals surface area (Å²) in [5.74, 6) is -1.30. The first kappa shape index (κ1) is 33.4. The van der Waals surface area contributed by atoms with Crippen molar-refractivity contribution in [3.05, 3.63) is 93.4 Å². The summed E-state index contributed by atoms with van der Waals surface area (Å²) in [6.07, 6.45) is -4.88. The van der Waals surface area contributed by atoms with E-state index in [1.807, 2.05) is 0 Å². The Morgan fingerprint density at radius 2 is 1.57 bits per heavy atom. The molecule has 0 heterocycles. The zero-order valence-electron chi connectivity index (χ0n) is 23.2. The maximum absolute atomic E-state index is 13.9. The van der Waals surface area contributed by atoms with E-state index in [1.165, 1.54) is 36.1 Å². The van der Waals surface area contributed by atoms with E-state index in [0.29, 0.717) is 15.9 Å². The van der Waals surface area contributed by atoms with Crippen molar-refractivity contribution < 1.29 is 31.2 Å². The molecule has 0 bridgehead atoms. The monoisotopic (exact) mass is 687 g/mol. The highest BCUT2D eigenvalue weighted by Crippen LogP contribution is 2.38. The summed E-state index contributed by atoms with van der Waals surface area (Å²) in [5, 5.41) is 2.18. The normalized spacial score (nSPS) is 12.9. The Labute approximate surface area is 256 Å². The van der Waals surface area contributed by atoms with Crippen LogP contribution in [0.25, 0.3) is 0 Å². The van der Waals surface area contributed by atoms with Crippen LogP contribution in [0, 0.1) is 0 Å². The van der Waals surface area contributed by atoms with Gasteiger partial charge in [-0.05, 0) is 75.7 Å². The molecule has 7 nitrogen and oxygen atoms in total. The van der Waals surface area contributed by atoms with Crippen molar-refractivity contribution in [2.45, 2.75) is 56.9 Å². The number of carbonyl (C=O) groups is 2. The maximum Gasteiger partial charge on any atom is 0.417 e. The fourth-order valence-corrected chi connectivity index (χ4v) is 5.89. The van der Waals surface area contributed by atoms with Crippen LogP contribution in [-0.4, -0.2) is 43.3 Å². The van der Waals surface area contributed by atoms with Crippen molar-refractivity contribution in [3.63, 3.8) is 0 Å². The molecule has 0 radical (unpaired) electrons. The number of hydrogen-bond acceptors (Lipinski definition) is 4. The van der Waals surface area contributed by atoms with Gasteiger partial charge >= 0.3 is 6.18 Å². The number of halogens is 5. The first-order valence-electron chi connectivity index (χ1n) is 12.7. The van der Waals surface area contributed by atoms with Crippen LogP contribution in [0.15, 0.2) is 82.2 Å². The summed E-state index contributed by atoms with van der Waals surface area (Å²) in [7, 11) is -4.54. The highest BCUT2D eigenvalue weighted by molar-refractivity contribution is 9.10. The van der Waals surface area contributed by atoms with Gasteiger partial charge in [-0.2, -0.15) is 13.2 Å². The lowest BCUT2D eigenvalue weighted by Crippen LogP contribution is -2.54. The lowest BCUT2D eigenvalue weighted by molar-refractivity contribution is -0.140. The van der Waals surface area contributed by atoms with Gasteiger partial charge < -0.3 is 10.2 Å². The van der Waals surface area contributed by atoms with Crippen molar-refractivity contribution in [3.8, 4) is 0 Å². The van der Waals surface area contributed by atoms with Gasteiger partial charge in [-0.1, -0.05) is 57.9 Å². The van der Waals surface area contributed by atoms with Gasteiger partial charge in [0.2, 0.25) is 11.8 Å². The molecule has 3 rings (SSSR count). The molecule has 0 spiro atoms. The standard InChI is InChI=1S/C29H30BrClF3N3O4S/c1-19(27(39)35-28(2,3)4)36(17-20-10-12-21(30)13-11-20)26(38)18-37(42(40,41)23-8-6-5-7-9-23)22-14-15-25(31)24(16-22)29(32,33)34/h5-16,19H,17-18H2,1-4H3,(H,35,39)/t19-/m0/s1. The van der Waals surface area contributed by atoms with Crippen LogP contribution in [0.1, 0.15) is 38.8 Å². The zero-order chi connectivity index (χ0) is 31.5. The Kier molecular flexibility index (Phi) is 10.4. The SMILES string of the molecule is C[C@@H](C(=O)NC(C)(C)C)N(Cc1ccc(Br)cc1)C(=O)CN(c1ccc(Cl)c(C(F)(F)F)c1)S(=O)(=O)c1ccccc1. The summed E-state index contributed by atoms with van der Waals surface area (Å²) >= 11 is 9.14. The molecular formula is C29H30BrClF3N3O4S. The summed E-state index contributed by atoms with van der Waals surface area (Å²) < 4.78 is 70.1. The molecule has 42 heavy (non-hydrogen) atoms. The number of anilines is 1. The number of nitrogens with zero attached hydrogens (tertiary/aromatic N) is 2. The molecular weight excluding hydrogens is 659 g/mol. The molecule has 0 aliphatic rings. The van der Waals surface area contributed by atoms with E-state index in [2.05, 4.69) is 21.2 Å². The predicted octanol–water partition coefficient (Wildman–Crippen LogP) is 6.65. The minimum absolute atomic E-state index is 0.0709. The molecule has 0 aliphatic heterocycles. The first-order chi connectivity index (χ1) is 19.4. The quantitative estimate of drug-likeness (QED) is 0.273. The van der Waals surface area contributed by atoms with E-state index in [0.717, 1.165) is 16.6 Å². The van der Waals surface area contributed by atoms with Crippen LogP contribution >= 0.6 is 27.5 Å². The Bertz CT molecular complexity index is 1530. The zero-order valence-corrected chi connectivity index (χ0v) is 26.4. The van der Waals surface area contributed by atoms with E-state index in [-0.39, 0.29) is 11.4 Å². The van der Waals surface area contributed by atoms with Gasteiger partial charge in [0.25, 0.3) is 10.0 Å². The molecule has 13 heteroatoms. The molecule has 1 atom stereocenters. The van der Waals surface area contributed by atoms with Crippen LogP contribution in [0.4, 0.5) is 18.9 Å². The molecule has 0 fully saturated rings. The van der Waals surface area contributed by atoms with Gasteiger partial charge in [0.05, 0.1) is 21.2 Å². The van der Waals surface area contributed by atoms with Crippen molar-refractivity contribution in [1.29, 1.82) is 0 Å². The van der Waals surface area contributed by atoms with E-state index >= 15 is 0 Å². The molecule has 0 unspecified atom stereocenters. The van der Waals surface area contributed by atoms with Crippen molar-refractivity contribution in [2.75, 3.05) is 10.8 Å². The molecule has 1 N–H and O–H groups in total. The third kappa shape index (κ3) is 8.48. The predicted molar refractivity (Wildman–Crippen MR) is 159 cm³/mol. The molecule has 2 amide bonds. The number of alkyl halides is 3. The van der Waals surface area contributed by atoms with E-state index in [4.69, 9.17) is 11.6 Å². The minimum atomic E-state index is -4.88. The third-order valence-corrected chi connectivity index (χ3v) is 8.73. The molecule has 0 saturated heterocycles. The molecule has 0 aromatic heterocycles.